The summed E-state index contributed by atoms with van der Waals surface area (Å²) >= 11 is 6.29. The van der Waals surface area contributed by atoms with Crippen molar-refractivity contribution in [1.29, 1.82) is 0 Å². The minimum atomic E-state index is -4.45. The van der Waals surface area contributed by atoms with E-state index in [0.717, 1.165) is 10.5 Å². The molecule has 0 aliphatic rings. The van der Waals surface area contributed by atoms with Crippen molar-refractivity contribution in [2.45, 2.75) is 12.7 Å². The van der Waals surface area contributed by atoms with Crippen molar-refractivity contribution < 1.29 is 18.3 Å². The number of benzene rings is 2. The van der Waals surface area contributed by atoms with Gasteiger partial charge in [0, 0.05) is 26.7 Å². The normalized spacial score (nSPS) is 11.5. The lowest BCUT2D eigenvalue weighted by atomic mass is 10.1. The van der Waals surface area contributed by atoms with Crippen molar-refractivity contribution >= 4 is 37.5 Å². The molecule has 0 aromatic heterocycles. The second-order valence-electron chi connectivity index (χ2n) is 4.31. The second kappa shape index (κ2) is 6.27. The largest absolute Gasteiger partial charge is 0.508 e. The second-order valence-corrected chi connectivity index (χ2v) is 6.15. The van der Waals surface area contributed by atoms with Crippen LogP contribution in [0, 0.1) is 0 Å². The number of phenolic OH excluding ortho intramolecular Hbond substituents is 1. The minimum Gasteiger partial charge on any atom is -0.508 e. The number of nitrogens with one attached hydrogen (secondary N) is 1. The number of aromatic hydroxyl groups is 1. The zero-order valence-electron chi connectivity index (χ0n) is 10.5. The number of rotatable bonds is 3. The molecular weight excluding hydrogens is 415 g/mol. The van der Waals surface area contributed by atoms with E-state index < -0.39 is 11.7 Å². The Morgan fingerprint density at radius 2 is 1.62 bits per heavy atom. The topological polar surface area (TPSA) is 32.3 Å². The molecule has 0 spiro atoms. The van der Waals surface area contributed by atoms with E-state index in [0.29, 0.717) is 10.0 Å². The third-order valence-corrected chi connectivity index (χ3v) is 3.78. The van der Waals surface area contributed by atoms with E-state index in [1.165, 1.54) is 18.2 Å². The van der Waals surface area contributed by atoms with Crippen LogP contribution in [-0.4, -0.2) is 5.11 Å². The third kappa shape index (κ3) is 4.14. The van der Waals surface area contributed by atoms with Crippen LogP contribution in [0.5, 0.6) is 5.75 Å². The van der Waals surface area contributed by atoms with Crippen molar-refractivity contribution in [3.05, 3.63) is 56.5 Å². The maximum absolute atomic E-state index is 13.0. The molecule has 0 unspecified atom stereocenters. The summed E-state index contributed by atoms with van der Waals surface area (Å²) in [5, 5.41) is 12.4. The van der Waals surface area contributed by atoms with Gasteiger partial charge in [-0.2, -0.15) is 13.2 Å². The van der Waals surface area contributed by atoms with Crippen LogP contribution in [0.1, 0.15) is 11.1 Å². The zero-order chi connectivity index (χ0) is 15.6. The van der Waals surface area contributed by atoms with Gasteiger partial charge in [0.15, 0.2) is 0 Å². The lowest BCUT2D eigenvalue weighted by Crippen LogP contribution is -2.11. The summed E-state index contributed by atoms with van der Waals surface area (Å²) in [5.41, 5.74) is -0.295. The SMILES string of the molecule is Oc1ccc(Br)cc1CNc1ccc(Br)cc1C(F)(F)F. The molecule has 2 aromatic rings. The minimum absolute atomic E-state index is 0.0244. The van der Waals surface area contributed by atoms with Gasteiger partial charge in [0.05, 0.1) is 5.56 Å². The summed E-state index contributed by atoms with van der Waals surface area (Å²) in [6, 6.07) is 8.67. The molecule has 0 atom stereocenters. The van der Waals surface area contributed by atoms with Gasteiger partial charge in [0.2, 0.25) is 0 Å². The van der Waals surface area contributed by atoms with Gasteiger partial charge in [-0.15, -0.1) is 0 Å². The van der Waals surface area contributed by atoms with Crippen LogP contribution in [0.15, 0.2) is 45.3 Å². The molecule has 0 heterocycles. The molecule has 21 heavy (non-hydrogen) atoms. The monoisotopic (exact) mass is 423 g/mol. The Morgan fingerprint density at radius 1 is 1.00 bits per heavy atom. The lowest BCUT2D eigenvalue weighted by Gasteiger charge is -2.15. The maximum atomic E-state index is 13.0. The molecule has 0 aliphatic heterocycles. The van der Waals surface area contributed by atoms with Crippen LogP contribution in [-0.2, 0) is 12.7 Å². The number of hydrogen-bond donors (Lipinski definition) is 2. The summed E-state index contributed by atoms with van der Waals surface area (Å²) in [6.07, 6.45) is -4.45. The Bertz CT molecular complexity index is 659. The van der Waals surface area contributed by atoms with Crippen molar-refractivity contribution in [2.24, 2.45) is 0 Å². The Labute approximate surface area is 136 Å². The van der Waals surface area contributed by atoms with E-state index in [9.17, 15) is 18.3 Å². The van der Waals surface area contributed by atoms with E-state index >= 15 is 0 Å². The quantitative estimate of drug-likeness (QED) is 0.677. The van der Waals surface area contributed by atoms with Crippen LogP contribution in [0.3, 0.4) is 0 Å². The molecular formula is C14H10Br2F3NO. The van der Waals surface area contributed by atoms with Crippen LogP contribution in [0.4, 0.5) is 18.9 Å². The Kier molecular flexibility index (Phi) is 4.83. The molecule has 2 aromatic carbocycles. The smallest absolute Gasteiger partial charge is 0.418 e. The van der Waals surface area contributed by atoms with Crippen LogP contribution in [0.25, 0.3) is 0 Å². The highest BCUT2D eigenvalue weighted by Crippen LogP contribution is 2.37. The molecule has 0 radical (unpaired) electrons. The average molecular weight is 425 g/mol. The molecule has 2 nitrogen and oxygen atoms in total. The van der Waals surface area contributed by atoms with Crippen molar-refractivity contribution in [3.8, 4) is 5.75 Å². The summed E-state index contributed by atoms with van der Waals surface area (Å²) in [4.78, 5) is 0. The van der Waals surface area contributed by atoms with Gasteiger partial charge in [-0.3, -0.25) is 0 Å². The molecule has 0 aliphatic carbocycles. The first-order valence-corrected chi connectivity index (χ1v) is 7.44. The first kappa shape index (κ1) is 16.2. The summed E-state index contributed by atoms with van der Waals surface area (Å²) < 4.78 is 40.0. The van der Waals surface area contributed by atoms with Gasteiger partial charge in [-0.25, -0.2) is 0 Å². The zero-order valence-corrected chi connectivity index (χ0v) is 13.7. The Hall–Kier alpha value is -1.21. The van der Waals surface area contributed by atoms with Crippen molar-refractivity contribution in [1.82, 2.24) is 0 Å². The fourth-order valence-corrected chi connectivity index (χ4v) is 2.56. The number of halogens is 5. The highest BCUT2D eigenvalue weighted by atomic mass is 79.9. The Balaban J connectivity index is 2.26. The first-order valence-electron chi connectivity index (χ1n) is 5.85. The standard InChI is InChI=1S/C14H10Br2F3NO/c15-9-2-4-13(21)8(5-9)7-20-12-3-1-10(16)6-11(12)14(17,18)19/h1-6,20-21H,7H2. The molecule has 0 bridgehead atoms. The van der Waals surface area contributed by atoms with E-state index in [-0.39, 0.29) is 18.0 Å². The fraction of sp³-hybridized carbons (Fsp3) is 0.143. The average Bonchev–Trinajstić information content (AvgIpc) is 2.40. The van der Waals surface area contributed by atoms with Crippen molar-refractivity contribution in [2.75, 3.05) is 5.32 Å². The van der Waals surface area contributed by atoms with E-state index in [1.807, 2.05) is 0 Å². The first-order chi connectivity index (χ1) is 9.77. The molecule has 0 saturated carbocycles. The van der Waals surface area contributed by atoms with Crippen LogP contribution < -0.4 is 5.32 Å². The number of alkyl halides is 3. The fourth-order valence-electron chi connectivity index (χ4n) is 1.79. The van der Waals surface area contributed by atoms with Gasteiger partial charge in [0.1, 0.15) is 5.75 Å². The molecule has 0 amide bonds. The Morgan fingerprint density at radius 3 is 2.29 bits per heavy atom. The van der Waals surface area contributed by atoms with Crippen LogP contribution >= 0.6 is 31.9 Å². The van der Waals surface area contributed by atoms with E-state index in [1.54, 1.807) is 12.1 Å². The molecule has 0 fully saturated rings. The molecule has 112 valence electrons. The van der Waals surface area contributed by atoms with Gasteiger partial charge in [-0.05, 0) is 36.4 Å². The predicted octanol–water partition coefficient (Wildman–Crippen LogP) is 5.55. The molecule has 7 heteroatoms. The van der Waals surface area contributed by atoms with E-state index in [2.05, 4.69) is 37.2 Å². The highest BCUT2D eigenvalue weighted by Gasteiger charge is 2.33. The predicted molar refractivity (Wildman–Crippen MR) is 82.3 cm³/mol. The number of phenols is 1. The van der Waals surface area contributed by atoms with Gasteiger partial charge < -0.3 is 10.4 Å². The molecule has 2 N–H and O–H groups in total. The third-order valence-electron chi connectivity index (χ3n) is 2.80. The maximum Gasteiger partial charge on any atom is 0.418 e. The number of hydrogen-bond acceptors (Lipinski definition) is 2. The van der Waals surface area contributed by atoms with Crippen molar-refractivity contribution in [3.63, 3.8) is 0 Å². The summed E-state index contributed by atoms with van der Waals surface area (Å²) in [7, 11) is 0. The highest BCUT2D eigenvalue weighted by molar-refractivity contribution is 9.10. The van der Waals surface area contributed by atoms with Gasteiger partial charge in [-0.1, -0.05) is 31.9 Å². The number of anilines is 1. The van der Waals surface area contributed by atoms with Gasteiger partial charge >= 0.3 is 6.18 Å². The lowest BCUT2D eigenvalue weighted by molar-refractivity contribution is -0.137. The molecule has 0 saturated heterocycles. The van der Waals surface area contributed by atoms with E-state index in [4.69, 9.17) is 0 Å². The van der Waals surface area contributed by atoms with Crippen LogP contribution in [0.2, 0.25) is 0 Å². The summed E-state index contributed by atoms with van der Waals surface area (Å²) in [5.74, 6) is 0.0244. The molecule has 2 rings (SSSR count). The summed E-state index contributed by atoms with van der Waals surface area (Å²) in [6.45, 7) is 0.0794. The van der Waals surface area contributed by atoms with Gasteiger partial charge in [0.25, 0.3) is 0 Å².